The molecule has 6 nitrogen and oxygen atoms in total. The van der Waals surface area contributed by atoms with E-state index in [-0.39, 0.29) is 11.6 Å². The SMILES string of the molecule is CC1C=c2c(c(-c3cc(N)ccc3Nc3ccc(C(F)(F)F)nc3)cn(C)c2=O)=N1. The number of nitrogens with two attached hydrogens (primary N) is 1. The number of benzene rings is 1. The van der Waals surface area contributed by atoms with E-state index in [9.17, 15) is 18.0 Å². The largest absolute Gasteiger partial charge is 0.433 e. The lowest BCUT2D eigenvalue weighted by Gasteiger charge is -2.15. The van der Waals surface area contributed by atoms with Crippen LogP contribution in [0.2, 0.25) is 0 Å². The number of nitrogens with zero attached hydrogens (tertiary/aromatic N) is 3. The highest BCUT2D eigenvalue weighted by Gasteiger charge is 2.32. The number of fused-ring (bicyclic) bond motifs is 1. The molecule has 0 spiro atoms. The molecule has 0 amide bonds. The molecule has 0 fully saturated rings. The third-order valence-corrected chi connectivity index (χ3v) is 4.79. The summed E-state index contributed by atoms with van der Waals surface area (Å²) in [6, 6.07) is 7.22. The van der Waals surface area contributed by atoms with Crippen LogP contribution in [0.3, 0.4) is 0 Å². The molecule has 0 aliphatic carbocycles. The third-order valence-electron chi connectivity index (χ3n) is 4.79. The van der Waals surface area contributed by atoms with Crippen molar-refractivity contribution in [3.05, 3.63) is 69.3 Å². The normalized spacial score (nSPS) is 15.3. The Labute approximate surface area is 169 Å². The van der Waals surface area contributed by atoms with Crippen molar-refractivity contribution in [2.24, 2.45) is 12.0 Å². The lowest BCUT2D eigenvalue weighted by atomic mass is 10.0. The van der Waals surface area contributed by atoms with Crippen LogP contribution in [0.25, 0.3) is 17.2 Å². The van der Waals surface area contributed by atoms with Gasteiger partial charge in [-0.2, -0.15) is 13.2 Å². The smallest absolute Gasteiger partial charge is 0.399 e. The number of rotatable bonds is 3. The van der Waals surface area contributed by atoms with E-state index in [1.54, 1.807) is 37.5 Å². The molecular weight excluding hydrogens is 395 g/mol. The van der Waals surface area contributed by atoms with Gasteiger partial charge in [0.15, 0.2) is 0 Å². The molecule has 3 heterocycles. The zero-order chi connectivity index (χ0) is 21.6. The second-order valence-corrected chi connectivity index (χ2v) is 7.12. The first kappa shape index (κ1) is 19.7. The van der Waals surface area contributed by atoms with E-state index in [2.05, 4.69) is 15.3 Å². The van der Waals surface area contributed by atoms with Gasteiger partial charge in [0.2, 0.25) is 0 Å². The molecule has 0 bridgehead atoms. The minimum absolute atomic E-state index is 0.134. The lowest BCUT2D eigenvalue weighted by molar-refractivity contribution is -0.141. The minimum Gasteiger partial charge on any atom is -0.399 e. The minimum atomic E-state index is -4.50. The van der Waals surface area contributed by atoms with Crippen molar-refractivity contribution in [2.75, 3.05) is 11.1 Å². The molecule has 2 aromatic heterocycles. The van der Waals surface area contributed by atoms with Crippen LogP contribution in [0.5, 0.6) is 0 Å². The molecule has 0 saturated heterocycles. The summed E-state index contributed by atoms with van der Waals surface area (Å²) >= 11 is 0. The van der Waals surface area contributed by atoms with Gasteiger partial charge >= 0.3 is 6.18 Å². The average Bonchev–Trinajstić information content (AvgIpc) is 3.08. The molecule has 1 unspecified atom stereocenters. The molecule has 30 heavy (non-hydrogen) atoms. The van der Waals surface area contributed by atoms with Crippen molar-refractivity contribution >= 4 is 23.1 Å². The predicted molar refractivity (Wildman–Crippen MR) is 109 cm³/mol. The van der Waals surface area contributed by atoms with Crippen LogP contribution in [0.15, 0.2) is 52.5 Å². The van der Waals surface area contributed by atoms with Crippen molar-refractivity contribution in [1.82, 2.24) is 9.55 Å². The molecule has 154 valence electrons. The van der Waals surface area contributed by atoms with E-state index >= 15 is 0 Å². The number of alkyl halides is 3. The molecule has 1 aliphatic rings. The average molecular weight is 413 g/mol. The Hall–Kier alpha value is -3.62. The van der Waals surface area contributed by atoms with Gasteiger partial charge in [-0.15, -0.1) is 0 Å². The number of anilines is 3. The first-order valence-electron chi connectivity index (χ1n) is 9.13. The van der Waals surface area contributed by atoms with Gasteiger partial charge in [-0.05, 0) is 43.3 Å². The van der Waals surface area contributed by atoms with Gasteiger partial charge in [-0.3, -0.25) is 9.79 Å². The predicted octanol–water partition coefficient (Wildman–Crippen LogP) is 2.59. The monoisotopic (exact) mass is 413 g/mol. The first-order valence-corrected chi connectivity index (χ1v) is 9.13. The molecule has 1 aliphatic heterocycles. The summed E-state index contributed by atoms with van der Waals surface area (Å²) in [5, 5.41) is 4.18. The maximum Gasteiger partial charge on any atom is 0.433 e. The van der Waals surface area contributed by atoms with Crippen molar-refractivity contribution in [3.8, 4) is 11.1 Å². The third kappa shape index (κ3) is 3.54. The van der Waals surface area contributed by atoms with E-state index < -0.39 is 11.9 Å². The highest BCUT2D eigenvalue weighted by atomic mass is 19.4. The summed E-state index contributed by atoms with van der Waals surface area (Å²) < 4.78 is 39.8. The second kappa shape index (κ2) is 7.01. The Kier molecular flexibility index (Phi) is 4.60. The molecule has 0 saturated carbocycles. The number of nitrogen functional groups attached to an aromatic ring is 1. The van der Waals surface area contributed by atoms with Crippen molar-refractivity contribution < 1.29 is 13.2 Å². The van der Waals surface area contributed by atoms with Crippen LogP contribution < -0.4 is 27.2 Å². The number of aryl methyl sites for hydroxylation is 1. The molecule has 3 N–H and O–H groups in total. The second-order valence-electron chi connectivity index (χ2n) is 7.12. The van der Waals surface area contributed by atoms with E-state index in [0.717, 1.165) is 12.3 Å². The van der Waals surface area contributed by atoms with E-state index in [1.165, 1.54) is 10.6 Å². The quantitative estimate of drug-likeness (QED) is 0.647. The number of halogens is 3. The summed E-state index contributed by atoms with van der Waals surface area (Å²) in [6.07, 6.45) is 0.102. The Morgan fingerprint density at radius 2 is 1.93 bits per heavy atom. The van der Waals surface area contributed by atoms with Crippen molar-refractivity contribution in [1.29, 1.82) is 0 Å². The van der Waals surface area contributed by atoms with Gasteiger partial charge < -0.3 is 15.6 Å². The Bertz CT molecular complexity index is 1310. The first-order chi connectivity index (χ1) is 14.1. The fraction of sp³-hybridized carbons (Fsp3) is 0.190. The number of hydrogen-bond acceptors (Lipinski definition) is 5. The topological polar surface area (TPSA) is 85.3 Å². The number of pyridine rings is 2. The van der Waals surface area contributed by atoms with Gasteiger partial charge in [-0.25, -0.2) is 4.98 Å². The summed E-state index contributed by atoms with van der Waals surface area (Å²) in [6.45, 7) is 1.88. The number of nitrogens with one attached hydrogen (secondary N) is 1. The van der Waals surface area contributed by atoms with Gasteiger partial charge in [0.25, 0.3) is 5.56 Å². The standard InChI is InChI=1S/C21H18F3N5O/c1-11-7-15-19(27-11)16(10-29(2)20(15)30)14-8-12(25)3-5-17(14)28-13-4-6-18(26-9-13)21(22,23)24/h3-11,28H,25H2,1-2H3. The van der Waals surface area contributed by atoms with Crippen molar-refractivity contribution in [2.45, 2.75) is 19.1 Å². The molecule has 9 heteroatoms. The summed E-state index contributed by atoms with van der Waals surface area (Å²) in [5.74, 6) is 0. The lowest BCUT2D eigenvalue weighted by Crippen LogP contribution is -2.43. The van der Waals surface area contributed by atoms with E-state index in [4.69, 9.17) is 5.73 Å². The molecule has 3 aromatic rings. The molecule has 4 rings (SSSR count). The highest BCUT2D eigenvalue weighted by Crippen LogP contribution is 2.32. The van der Waals surface area contributed by atoms with Crippen molar-refractivity contribution in [3.63, 3.8) is 0 Å². The van der Waals surface area contributed by atoms with E-state index in [0.29, 0.717) is 38.8 Å². The van der Waals surface area contributed by atoms with Crippen LogP contribution in [0.4, 0.5) is 30.2 Å². The molecular formula is C21H18F3N5O. The fourth-order valence-electron chi connectivity index (χ4n) is 3.40. The van der Waals surface area contributed by atoms with Crippen LogP contribution in [-0.2, 0) is 13.2 Å². The van der Waals surface area contributed by atoms with Gasteiger partial charge in [0, 0.05) is 35.7 Å². The maximum atomic E-state index is 12.8. The maximum absolute atomic E-state index is 12.8. The Balaban J connectivity index is 1.84. The van der Waals surface area contributed by atoms with Crippen LogP contribution in [0.1, 0.15) is 12.6 Å². The number of aromatic nitrogens is 2. The van der Waals surface area contributed by atoms with Gasteiger partial charge in [0.1, 0.15) is 5.69 Å². The van der Waals surface area contributed by atoms with Crippen LogP contribution >= 0.6 is 0 Å². The zero-order valence-corrected chi connectivity index (χ0v) is 16.2. The van der Waals surface area contributed by atoms with Gasteiger partial charge in [-0.1, -0.05) is 0 Å². The summed E-state index contributed by atoms with van der Waals surface area (Å²) in [7, 11) is 1.65. The fourth-order valence-corrected chi connectivity index (χ4v) is 3.40. The molecule has 0 radical (unpaired) electrons. The molecule has 1 atom stereocenters. The highest BCUT2D eigenvalue weighted by molar-refractivity contribution is 5.83. The summed E-state index contributed by atoms with van der Waals surface area (Å²) in [4.78, 5) is 20.5. The zero-order valence-electron chi connectivity index (χ0n) is 16.2. The van der Waals surface area contributed by atoms with Gasteiger partial charge in [0.05, 0.1) is 28.5 Å². The Morgan fingerprint density at radius 3 is 2.60 bits per heavy atom. The summed E-state index contributed by atoms with van der Waals surface area (Å²) in [5.41, 5.74) is 7.73. The van der Waals surface area contributed by atoms with Crippen LogP contribution in [0, 0.1) is 0 Å². The Morgan fingerprint density at radius 1 is 1.17 bits per heavy atom. The molecule has 1 aromatic carbocycles. The number of hydrogen-bond donors (Lipinski definition) is 2. The van der Waals surface area contributed by atoms with Crippen LogP contribution in [-0.4, -0.2) is 15.6 Å². The van der Waals surface area contributed by atoms with E-state index in [1.807, 2.05) is 6.92 Å².